The van der Waals surface area contributed by atoms with Crippen molar-refractivity contribution in [1.29, 1.82) is 0 Å². The number of aromatic nitrogens is 2. The monoisotopic (exact) mass is 330 g/mol. The van der Waals surface area contributed by atoms with Crippen LogP contribution in [0.15, 0.2) is 35.3 Å². The van der Waals surface area contributed by atoms with Crippen LogP contribution in [0.25, 0.3) is 10.8 Å². The van der Waals surface area contributed by atoms with Crippen molar-refractivity contribution in [1.82, 2.24) is 20.0 Å². The van der Waals surface area contributed by atoms with Gasteiger partial charge in [0.25, 0.3) is 5.56 Å². The van der Waals surface area contributed by atoms with Gasteiger partial charge in [-0.25, -0.2) is 4.68 Å². The molecule has 1 aliphatic rings. The molecule has 0 spiro atoms. The van der Waals surface area contributed by atoms with Gasteiger partial charge in [-0.3, -0.25) is 14.5 Å². The number of hydrogen-bond donors (Lipinski definition) is 2. The lowest BCUT2D eigenvalue weighted by atomic mass is 10.1. The highest BCUT2D eigenvalue weighted by Crippen LogP contribution is 2.09. The topological polar surface area (TPSA) is 87.5 Å². The van der Waals surface area contributed by atoms with E-state index in [0.717, 1.165) is 24.8 Å². The van der Waals surface area contributed by atoms with Gasteiger partial charge in [0.15, 0.2) is 0 Å². The molecule has 1 saturated heterocycles. The van der Waals surface area contributed by atoms with Gasteiger partial charge in [0.1, 0.15) is 0 Å². The van der Waals surface area contributed by atoms with E-state index in [2.05, 4.69) is 10.4 Å². The number of benzene rings is 1. The Morgan fingerprint density at radius 3 is 3.04 bits per heavy atom. The minimum atomic E-state index is -0.341. The third-order valence-electron chi connectivity index (χ3n) is 4.26. The molecule has 2 aromatic rings. The van der Waals surface area contributed by atoms with Crippen LogP contribution in [-0.4, -0.2) is 58.0 Å². The summed E-state index contributed by atoms with van der Waals surface area (Å²) in [7, 11) is 0. The summed E-state index contributed by atoms with van der Waals surface area (Å²) >= 11 is 0. The Morgan fingerprint density at radius 2 is 2.21 bits per heavy atom. The van der Waals surface area contributed by atoms with Crippen LogP contribution < -0.4 is 10.9 Å². The highest BCUT2D eigenvalue weighted by molar-refractivity contribution is 5.80. The third kappa shape index (κ3) is 3.98. The molecule has 0 radical (unpaired) electrons. The van der Waals surface area contributed by atoms with Crippen LogP contribution in [0.4, 0.5) is 0 Å². The molecule has 1 aromatic carbocycles. The van der Waals surface area contributed by atoms with Crippen molar-refractivity contribution in [2.24, 2.45) is 0 Å². The number of fused-ring (bicyclic) bond motifs is 1. The molecule has 2 heterocycles. The molecule has 1 aliphatic heterocycles. The second-order valence-electron chi connectivity index (χ2n) is 6.14. The predicted molar refractivity (Wildman–Crippen MR) is 90.7 cm³/mol. The summed E-state index contributed by atoms with van der Waals surface area (Å²) in [6.45, 7) is 2.32. The molecule has 128 valence electrons. The van der Waals surface area contributed by atoms with Crippen LogP contribution in [0.3, 0.4) is 0 Å². The number of carbonyl (C=O) groups is 1. The zero-order valence-corrected chi connectivity index (χ0v) is 13.5. The molecule has 0 aliphatic carbocycles. The average molecular weight is 330 g/mol. The molecule has 1 fully saturated rings. The zero-order chi connectivity index (χ0) is 16.9. The largest absolute Gasteiger partial charge is 0.392 e. The van der Waals surface area contributed by atoms with Crippen molar-refractivity contribution >= 4 is 16.7 Å². The van der Waals surface area contributed by atoms with Gasteiger partial charge >= 0.3 is 0 Å². The predicted octanol–water partition coefficient (Wildman–Crippen LogP) is -0.0306. The Balaban J connectivity index is 1.52. The number of carbonyl (C=O) groups excluding carboxylic acids is 1. The number of β-amino-alcohol motifs (C(OH)–C–C–N with tert-alkyl or cyclic N) is 1. The lowest BCUT2D eigenvalue weighted by Crippen LogP contribution is -2.44. The van der Waals surface area contributed by atoms with Crippen molar-refractivity contribution in [3.05, 3.63) is 40.8 Å². The molecule has 0 saturated carbocycles. The lowest BCUT2D eigenvalue weighted by molar-refractivity contribution is -0.122. The normalized spacial score (nSPS) is 18.6. The van der Waals surface area contributed by atoms with Crippen molar-refractivity contribution in [2.75, 3.05) is 26.2 Å². The molecule has 1 amide bonds. The van der Waals surface area contributed by atoms with E-state index in [1.807, 2.05) is 23.1 Å². The highest BCUT2D eigenvalue weighted by Gasteiger charge is 2.19. The standard InChI is InChI=1S/C17H22N4O3/c22-14-5-3-8-20(11-14)12-16(23)18-7-9-21-17(24)15-6-2-1-4-13(15)10-19-21/h1-2,4,6,10,14,22H,3,5,7-9,11-12H2,(H,18,23). The van der Waals surface area contributed by atoms with Gasteiger partial charge < -0.3 is 10.4 Å². The zero-order valence-electron chi connectivity index (χ0n) is 13.5. The maximum Gasteiger partial charge on any atom is 0.274 e. The summed E-state index contributed by atoms with van der Waals surface area (Å²) in [6, 6.07) is 7.31. The second kappa shape index (κ2) is 7.55. The first-order valence-electron chi connectivity index (χ1n) is 8.25. The fourth-order valence-electron chi connectivity index (χ4n) is 3.02. The van der Waals surface area contributed by atoms with Gasteiger partial charge in [0.05, 0.1) is 30.8 Å². The first kappa shape index (κ1) is 16.6. The van der Waals surface area contributed by atoms with E-state index in [1.165, 1.54) is 4.68 Å². The van der Waals surface area contributed by atoms with E-state index in [9.17, 15) is 14.7 Å². The molecule has 24 heavy (non-hydrogen) atoms. The number of likely N-dealkylation sites (tertiary alicyclic amines) is 1. The van der Waals surface area contributed by atoms with Crippen LogP contribution in [0.5, 0.6) is 0 Å². The summed E-state index contributed by atoms with van der Waals surface area (Å²) in [5.41, 5.74) is -0.151. The first-order valence-corrected chi connectivity index (χ1v) is 8.25. The number of aliphatic hydroxyl groups excluding tert-OH is 1. The van der Waals surface area contributed by atoms with Gasteiger partial charge in [-0.15, -0.1) is 0 Å². The van der Waals surface area contributed by atoms with Crippen molar-refractivity contribution in [2.45, 2.75) is 25.5 Å². The van der Waals surface area contributed by atoms with Gasteiger partial charge in [-0.2, -0.15) is 5.10 Å². The molecule has 2 N–H and O–H groups in total. The smallest absolute Gasteiger partial charge is 0.274 e. The van der Waals surface area contributed by atoms with E-state index in [-0.39, 0.29) is 24.1 Å². The molecule has 1 aromatic heterocycles. The van der Waals surface area contributed by atoms with Crippen LogP contribution in [0.2, 0.25) is 0 Å². The number of nitrogens with zero attached hydrogens (tertiary/aromatic N) is 3. The number of nitrogens with one attached hydrogen (secondary N) is 1. The number of rotatable bonds is 5. The molecule has 0 bridgehead atoms. The van der Waals surface area contributed by atoms with Gasteiger partial charge in [0.2, 0.25) is 5.91 Å². The third-order valence-corrected chi connectivity index (χ3v) is 4.26. The number of hydrogen-bond acceptors (Lipinski definition) is 5. The first-order chi connectivity index (χ1) is 11.6. The maximum atomic E-state index is 12.3. The summed E-state index contributed by atoms with van der Waals surface area (Å²) in [4.78, 5) is 26.2. The van der Waals surface area contributed by atoms with Gasteiger partial charge in [0, 0.05) is 18.5 Å². The Hall–Kier alpha value is -2.25. The minimum Gasteiger partial charge on any atom is -0.392 e. The van der Waals surface area contributed by atoms with E-state index in [1.54, 1.807) is 12.3 Å². The molecule has 3 rings (SSSR count). The Morgan fingerprint density at radius 1 is 1.38 bits per heavy atom. The van der Waals surface area contributed by atoms with E-state index in [4.69, 9.17) is 0 Å². The summed E-state index contributed by atoms with van der Waals surface area (Å²) < 4.78 is 1.37. The molecular weight excluding hydrogens is 308 g/mol. The molecule has 7 heteroatoms. The highest BCUT2D eigenvalue weighted by atomic mass is 16.3. The second-order valence-corrected chi connectivity index (χ2v) is 6.14. The fourth-order valence-corrected chi connectivity index (χ4v) is 3.02. The molecular formula is C17H22N4O3. The SMILES string of the molecule is O=C(CN1CCCC(O)C1)NCCn1ncc2ccccc2c1=O. The number of piperidine rings is 1. The number of aliphatic hydroxyl groups is 1. The van der Waals surface area contributed by atoms with Gasteiger partial charge in [-0.05, 0) is 25.5 Å². The lowest BCUT2D eigenvalue weighted by Gasteiger charge is -2.29. The number of amides is 1. The maximum absolute atomic E-state index is 12.3. The summed E-state index contributed by atoms with van der Waals surface area (Å²) in [5, 5.41) is 18.0. The van der Waals surface area contributed by atoms with Crippen LogP contribution >= 0.6 is 0 Å². The average Bonchev–Trinajstić information content (AvgIpc) is 2.57. The van der Waals surface area contributed by atoms with E-state index >= 15 is 0 Å². The minimum absolute atomic E-state index is 0.0991. The molecule has 1 atom stereocenters. The van der Waals surface area contributed by atoms with Gasteiger partial charge in [-0.1, -0.05) is 18.2 Å². The van der Waals surface area contributed by atoms with Crippen molar-refractivity contribution in [3.8, 4) is 0 Å². The van der Waals surface area contributed by atoms with Crippen molar-refractivity contribution < 1.29 is 9.90 Å². The molecule has 7 nitrogen and oxygen atoms in total. The van der Waals surface area contributed by atoms with Crippen LogP contribution in [-0.2, 0) is 11.3 Å². The quantitative estimate of drug-likeness (QED) is 0.804. The molecule has 1 unspecified atom stereocenters. The Labute approximate surface area is 139 Å². The summed E-state index contributed by atoms with van der Waals surface area (Å²) in [6.07, 6.45) is 3.03. The van der Waals surface area contributed by atoms with E-state index < -0.39 is 0 Å². The van der Waals surface area contributed by atoms with Crippen LogP contribution in [0, 0.1) is 0 Å². The fraction of sp³-hybridized carbons (Fsp3) is 0.471. The Kier molecular flexibility index (Phi) is 5.22. The van der Waals surface area contributed by atoms with Crippen molar-refractivity contribution in [3.63, 3.8) is 0 Å². The Bertz CT molecular complexity index is 774. The van der Waals surface area contributed by atoms with Crippen LogP contribution in [0.1, 0.15) is 12.8 Å². The summed E-state index contributed by atoms with van der Waals surface area (Å²) in [5.74, 6) is -0.0991. The van der Waals surface area contributed by atoms with E-state index in [0.29, 0.717) is 25.0 Å².